The highest BCUT2D eigenvalue weighted by Crippen LogP contribution is 2.17. The highest BCUT2D eigenvalue weighted by Gasteiger charge is 2.23. The van der Waals surface area contributed by atoms with Gasteiger partial charge in [0.15, 0.2) is 0 Å². The molecule has 0 aromatic carbocycles. The lowest BCUT2D eigenvalue weighted by atomic mass is 10.3. The minimum absolute atomic E-state index is 0.198. The van der Waals surface area contributed by atoms with Crippen LogP contribution in [0.25, 0.3) is 0 Å². The quantitative estimate of drug-likeness (QED) is 0.800. The molecule has 0 spiro atoms. The van der Waals surface area contributed by atoms with Crippen molar-refractivity contribution in [3.05, 3.63) is 24.0 Å². The van der Waals surface area contributed by atoms with Crippen molar-refractivity contribution >= 4 is 11.6 Å². The summed E-state index contributed by atoms with van der Waals surface area (Å²) in [6.07, 6.45) is 2.38. The zero-order chi connectivity index (χ0) is 13.1. The number of hydrogen-bond acceptors (Lipinski definition) is 3. The number of amides is 1. The van der Waals surface area contributed by atoms with Crippen LogP contribution in [-0.2, 0) is 4.79 Å². The fraction of sp³-hybridized carbons (Fsp3) is 0.571. The molecule has 1 aromatic rings. The molecule has 4 nitrogen and oxygen atoms in total. The van der Waals surface area contributed by atoms with Crippen LogP contribution in [0, 0.1) is 6.92 Å². The molecule has 98 valence electrons. The molecule has 4 heteroatoms. The number of anilines is 1. The van der Waals surface area contributed by atoms with E-state index in [0.717, 1.165) is 31.0 Å². The van der Waals surface area contributed by atoms with E-state index in [1.165, 1.54) is 0 Å². The van der Waals surface area contributed by atoms with Crippen molar-refractivity contribution in [2.75, 3.05) is 24.5 Å². The van der Waals surface area contributed by atoms with E-state index in [-0.39, 0.29) is 5.91 Å². The van der Waals surface area contributed by atoms with Gasteiger partial charge in [0.1, 0.15) is 0 Å². The van der Waals surface area contributed by atoms with E-state index in [2.05, 4.69) is 23.7 Å². The Morgan fingerprint density at radius 1 is 1.22 bits per heavy atom. The molecule has 1 saturated heterocycles. The third-order valence-electron chi connectivity index (χ3n) is 3.46. The molecule has 1 aromatic heterocycles. The first-order valence-electron chi connectivity index (χ1n) is 6.55. The van der Waals surface area contributed by atoms with Gasteiger partial charge >= 0.3 is 0 Å². The Labute approximate surface area is 109 Å². The molecule has 1 fully saturated rings. The second kappa shape index (κ2) is 5.48. The lowest BCUT2D eigenvalue weighted by Gasteiger charge is -2.24. The second-order valence-corrected chi connectivity index (χ2v) is 5.08. The van der Waals surface area contributed by atoms with E-state index in [4.69, 9.17) is 0 Å². The van der Waals surface area contributed by atoms with Crippen molar-refractivity contribution in [1.82, 2.24) is 9.88 Å². The Balaban J connectivity index is 2.13. The average molecular weight is 247 g/mol. The first-order chi connectivity index (χ1) is 8.58. The van der Waals surface area contributed by atoms with Crippen LogP contribution < -0.4 is 4.90 Å². The molecular weight excluding hydrogens is 226 g/mol. The average Bonchev–Trinajstić information content (AvgIpc) is 2.53. The Morgan fingerprint density at radius 3 is 2.61 bits per heavy atom. The predicted octanol–water partition coefficient (Wildman–Crippen LogP) is 1.84. The van der Waals surface area contributed by atoms with Gasteiger partial charge in [-0.15, -0.1) is 0 Å². The molecule has 2 rings (SSSR count). The Kier molecular flexibility index (Phi) is 3.97. The molecule has 1 aliphatic rings. The number of aryl methyl sites for hydroxylation is 1. The maximum atomic E-state index is 12.1. The van der Waals surface area contributed by atoms with Crippen LogP contribution in [0.2, 0.25) is 0 Å². The molecule has 0 aliphatic carbocycles. The van der Waals surface area contributed by atoms with Gasteiger partial charge in [0.2, 0.25) is 5.91 Å². The molecule has 0 radical (unpaired) electrons. The van der Waals surface area contributed by atoms with E-state index >= 15 is 0 Å². The number of carbonyl (C=O) groups is 1. The third-order valence-corrected chi connectivity index (χ3v) is 3.46. The summed E-state index contributed by atoms with van der Waals surface area (Å²) in [6.45, 7) is 8.83. The molecule has 0 bridgehead atoms. The minimum atomic E-state index is 0.198. The SMILES string of the molecule is Cc1ccc(N2CCN(C(C)C)CCC2=O)cn1. The van der Waals surface area contributed by atoms with Gasteiger partial charge in [-0.3, -0.25) is 14.7 Å². The first kappa shape index (κ1) is 13.0. The predicted molar refractivity (Wildman–Crippen MR) is 72.7 cm³/mol. The molecule has 2 heterocycles. The first-order valence-corrected chi connectivity index (χ1v) is 6.55. The van der Waals surface area contributed by atoms with Crippen LogP contribution in [0.4, 0.5) is 5.69 Å². The lowest BCUT2D eigenvalue weighted by molar-refractivity contribution is -0.118. The molecule has 0 saturated carbocycles. The zero-order valence-corrected chi connectivity index (χ0v) is 11.4. The fourth-order valence-electron chi connectivity index (χ4n) is 2.25. The summed E-state index contributed by atoms with van der Waals surface area (Å²) in [5, 5.41) is 0. The standard InChI is InChI=1S/C14H21N3O/c1-11(2)16-7-6-14(18)17(9-8-16)13-5-4-12(3)15-10-13/h4-5,10-11H,6-9H2,1-3H3. The molecule has 0 N–H and O–H groups in total. The molecule has 1 amide bonds. The van der Waals surface area contributed by atoms with E-state index < -0.39 is 0 Å². The van der Waals surface area contributed by atoms with Gasteiger partial charge < -0.3 is 4.90 Å². The maximum absolute atomic E-state index is 12.1. The summed E-state index contributed by atoms with van der Waals surface area (Å²) in [4.78, 5) is 20.6. The Bertz CT molecular complexity index is 414. The summed E-state index contributed by atoms with van der Waals surface area (Å²) < 4.78 is 0. The van der Waals surface area contributed by atoms with Crippen molar-refractivity contribution in [3.63, 3.8) is 0 Å². The number of nitrogens with zero attached hydrogens (tertiary/aromatic N) is 3. The molecule has 0 atom stereocenters. The van der Waals surface area contributed by atoms with Gasteiger partial charge in [-0.2, -0.15) is 0 Å². The van der Waals surface area contributed by atoms with Gasteiger partial charge in [0, 0.05) is 37.8 Å². The topological polar surface area (TPSA) is 36.4 Å². The van der Waals surface area contributed by atoms with E-state index in [0.29, 0.717) is 12.5 Å². The summed E-state index contributed by atoms with van der Waals surface area (Å²) in [7, 11) is 0. The number of pyridine rings is 1. The van der Waals surface area contributed by atoms with Crippen molar-refractivity contribution in [1.29, 1.82) is 0 Å². The van der Waals surface area contributed by atoms with E-state index in [1.807, 2.05) is 24.0 Å². The van der Waals surface area contributed by atoms with Gasteiger partial charge in [-0.05, 0) is 32.9 Å². The number of aromatic nitrogens is 1. The summed E-state index contributed by atoms with van der Waals surface area (Å²) in [6, 6.07) is 4.42. The molecular formula is C14H21N3O. The molecule has 0 unspecified atom stereocenters. The van der Waals surface area contributed by atoms with Crippen molar-refractivity contribution in [2.45, 2.75) is 33.2 Å². The van der Waals surface area contributed by atoms with E-state index in [9.17, 15) is 4.79 Å². The van der Waals surface area contributed by atoms with Gasteiger partial charge in [0.25, 0.3) is 0 Å². The van der Waals surface area contributed by atoms with Crippen LogP contribution in [-0.4, -0.2) is 41.5 Å². The highest BCUT2D eigenvalue weighted by molar-refractivity contribution is 5.93. The third kappa shape index (κ3) is 2.88. The van der Waals surface area contributed by atoms with Crippen LogP contribution in [0.15, 0.2) is 18.3 Å². The van der Waals surface area contributed by atoms with Crippen molar-refractivity contribution < 1.29 is 4.79 Å². The van der Waals surface area contributed by atoms with Crippen molar-refractivity contribution in [3.8, 4) is 0 Å². The number of hydrogen-bond donors (Lipinski definition) is 0. The molecule has 1 aliphatic heterocycles. The van der Waals surface area contributed by atoms with Crippen molar-refractivity contribution in [2.24, 2.45) is 0 Å². The summed E-state index contributed by atoms with van der Waals surface area (Å²) in [5.41, 5.74) is 1.89. The second-order valence-electron chi connectivity index (χ2n) is 5.08. The van der Waals surface area contributed by atoms with Crippen LogP contribution >= 0.6 is 0 Å². The van der Waals surface area contributed by atoms with Crippen LogP contribution in [0.1, 0.15) is 26.0 Å². The number of rotatable bonds is 2. The zero-order valence-electron chi connectivity index (χ0n) is 11.4. The maximum Gasteiger partial charge on any atom is 0.228 e. The Morgan fingerprint density at radius 2 is 2.00 bits per heavy atom. The summed E-state index contributed by atoms with van der Waals surface area (Å²) >= 11 is 0. The molecule has 18 heavy (non-hydrogen) atoms. The lowest BCUT2D eigenvalue weighted by Crippen LogP contribution is -2.35. The van der Waals surface area contributed by atoms with E-state index in [1.54, 1.807) is 6.20 Å². The van der Waals surface area contributed by atoms with Gasteiger partial charge in [-0.25, -0.2) is 0 Å². The Hall–Kier alpha value is -1.42. The van der Waals surface area contributed by atoms with Gasteiger partial charge in [0.05, 0.1) is 11.9 Å². The number of carbonyl (C=O) groups excluding carboxylic acids is 1. The van der Waals surface area contributed by atoms with Gasteiger partial charge in [-0.1, -0.05) is 0 Å². The fourth-order valence-corrected chi connectivity index (χ4v) is 2.25. The largest absolute Gasteiger partial charge is 0.310 e. The summed E-state index contributed by atoms with van der Waals surface area (Å²) in [5.74, 6) is 0.198. The van der Waals surface area contributed by atoms with Crippen LogP contribution in [0.5, 0.6) is 0 Å². The minimum Gasteiger partial charge on any atom is -0.310 e. The smallest absolute Gasteiger partial charge is 0.228 e. The monoisotopic (exact) mass is 247 g/mol. The highest BCUT2D eigenvalue weighted by atomic mass is 16.2. The normalized spacial score (nSPS) is 18.2. The van der Waals surface area contributed by atoms with Crippen LogP contribution in [0.3, 0.4) is 0 Å².